The molecule has 1 aromatic heterocycles. The zero-order valence-corrected chi connectivity index (χ0v) is 12.9. The summed E-state index contributed by atoms with van der Waals surface area (Å²) in [5.41, 5.74) is 2.79. The van der Waals surface area contributed by atoms with Gasteiger partial charge in [0.15, 0.2) is 0 Å². The number of aromatic nitrogens is 2. The van der Waals surface area contributed by atoms with Gasteiger partial charge in [0.1, 0.15) is 0 Å². The van der Waals surface area contributed by atoms with E-state index >= 15 is 0 Å². The molecule has 0 bridgehead atoms. The Morgan fingerprint density at radius 3 is 2.58 bits per heavy atom. The van der Waals surface area contributed by atoms with Gasteiger partial charge in [0.2, 0.25) is 0 Å². The second-order valence-electron chi connectivity index (χ2n) is 4.19. The minimum atomic E-state index is 0.489. The first-order valence-corrected chi connectivity index (χ1v) is 7.05. The number of benzene rings is 1. The summed E-state index contributed by atoms with van der Waals surface area (Å²) in [6.45, 7) is 2.57. The van der Waals surface area contributed by atoms with Gasteiger partial charge in [-0.25, -0.2) is 0 Å². The first-order chi connectivity index (χ1) is 9.02. The predicted molar refractivity (Wildman–Crippen MR) is 81.4 cm³/mol. The number of hydrogen-bond acceptors (Lipinski definition) is 2. The molecular weight excluding hydrogens is 305 g/mol. The van der Waals surface area contributed by atoms with E-state index in [9.17, 15) is 0 Å². The number of hydrogen-bond donors (Lipinski definition) is 1. The first-order valence-electron chi connectivity index (χ1n) is 5.91. The van der Waals surface area contributed by atoms with Crippen LogP contribution < -0.4 is 5.32 Å². The van der Waals surface area contributed by atoms with Crippen molar-refractivity contribution in [3.05, 3.63) is 44.7 Å². The van der Waals surface area contributed by atoms with E-state index in [0.717, 1.165) is 23.4 Å². The molecule has 3 nitrogen and oxygen atoms in total. The van der Waals surface area contributed by atoms with Crippen LogP contribution in [0.5, 0.6) is 0 Å². The Labute approximate surface area is 127 Å². The lowest BCUT2D eigenvalue weighted by molar-refractivity contribution is 0.746. The Bertz CT molecular complexity index is 593. The van der Waals surface area contributed by atoms with Crippen molar-refractivity contribution in [2.45, 2.75) is 19.9 Å². The second kappa shape index (κ2) is 6.04. The van der Waals surface area contributed by atoms with E-state index in [1.807, 2.05) is 13.2 Å². The van der Waals surface area contributed by atoms with E-state index in [2.05, 4.69) is 17.3 Å². The molecule has 0 saturated heterocycles. The summed E-state index contributed by atoms with van der Waals surface area (Å²) < 4.78 is 1.78. The van der Waals surface area contributed by atoms with Gasteiger partial charge in [0.05, 0.1) is 21.4 Å². The van der Waals surface area contributed by atoms with Crippen LogP contribution in [-0.4, -0.2) is 9.78 Å². The maximum Gasteiger partial charge on any atom is 0.0853 e. The highest BCUT2D eigenvalue weighted by Crippen LogP contribution is 2.32. The van der Waals surface area contributed by atoms with Crippen LogP contribution in [0.3, 0.4) is 0 Å². The largest absolute Gasteiger partial charge is 0.378 e. The summed E-state index contributed by atoms with van der Waals surface area (Å²) in [4.78, 5) is 0. The highest BCUT2D eigenvalue weighted by Gasteiger charge is 2.11. The Morgan fingerprint density at radius 1 is 1.21 bits per heavy atom. The standard InChI is InChI=1S/C13H14Cl3N3/c1-3-11-12(7-19(2)18-11)17-6-8-9(14)4-5-10(15)13(8)16/h4-5,7,17H,3,6H2,1-2H3. The number of nitrogens with one attached hydrogen (secondary N) is 1. The van der Waals surface area contributed by atoms with Gasteiger partial charge in [-0.05, 0) is 18.6 Å². The number of rotatable bonds is 4. The zero-order valence-electron chi connectivity index (χ0n) is 10.7. The molecule has 0 unspecified atom stereocenters. The van der Waals surface area contributed by atoms with E-state index in [1.54, 1.807) is 16.8 Å². The van der Waals surface area contributed by atoms with Crippen LogP contribution in [0.4, 0.5) is 5.69 Å². The maximum atomic E-state index is 6.17. The molecule has 0 saturated carbocycles. The third-order valence-corrected chi connectivity index (χ3v) is 4.03. The van der Waals surface area contributed by atoms with Crippen LogP contribution in [0.25, 0.3) is 0 Å². The quantitative estimate of drug-likeness (QED) is 0.838. The van der Waals surface area contributed by atoms with Crippen molar-refractivity contribution in [3.8, 4) is 0 Å². The molecule has 1 aromatic carbocycles. The molecule has 0 aliphatic heterocycles. The van der Waals surface area contributed by atoms with Crippen molar-refractivity contribution in [1.29, 1.82) is 0 Å². The Balaban J connectivity index is 2.21. The third-order valence-electron chi connectivity index (χ3n) is 2.83. The van der Waals surface area contributed by atoms with Crippen molar-refractivity contribution < 1.29 is 0 Å². The molecule has 1 N–H and O–H groups in total. The maximum absolute atomic E-state index is 6.17. The van der Waals surface area contributed by atoms with Gasteiger partial charge in [-0.2, -0.15) is 5.10 Å². The minimum Gasteiger partial charge on any atom is -0.378 e. The molecule has 0 fully saturated rings. The molecule has 0 amide bonds. The Kier molecular flexibility index (Phi) is 4.61. The molecular formula is C13H14Cl3N3. The van der Waals surface area contributed by atoms with E-state index in [4.69, 9.17) is 34.8 Å². The van der Waals surface area contributed by atoms with Gasteiger partial charge in [-0.15, -0.1) is 0 Å². The van der Waals surface area contributed by atoms with Gasteiger partial charge < -0.3 is 5.32 Å². The van der Waals surface area contributed by atoms with Crippen LogP contribution in [0.2, 0.25) is 15.1 Å². The Hall–Kier alpha value is -0.900. The molecule has 0 aliphatic rings. The first kappa shape index (κ1) is 14.5. The monoisotopic (exact) mass is 317 g/mol. The lowest BCUT2D eigenvalue weighted by Gasteiger charge is -2.10. The van der Waals surface area contributed by atoms with E-state index in [0.29, 0.717) is 21.6 Å². The van der Waals surface area contributed by atoms with Crippen LogP contribution in [0, 0.1) is 0 Å². The summed E-state index contributed by atoms with van der Waals surface area (Å²) in [5.74, 6) is 0. The van der Waals surface area contributed by atoms with Crippen molar-refractivity contribution in [1.82, 2.24) is 9.78 Å². The summed E-state index contributed by atoms with van der Waals surface area (Å²) in [6, 6.07) is 3.44. The van der Waals surface area contributed by atoms with Crippen LogP contribution in [0.1, 0.15) is 18.2 Å². The summed E-state index contributed by atoms with van der Waals surface area (Å²) in [6.07, 6.45) is 2.80. The topological polar surface area (TPSA) is 29.9 Å². The van der Waals surface area contributed by atoms with Gasteiger partial charge >= 0.3 is 0 Å². The second-order valence-corrected chi connectivity index (χ2v) is 5.38. The SMILES string of the molecule is CCc1nn(C)cc1NCc1c(Cl)ccc(Cl)c1Cl. The van der Waals surface area contributed by atoms with Crippen LogP contribution in [0.15, 0.2) is 18.3 Å². The minimum absolute atomic E-state index is 0.489. The van der Waals surface area contributed by atoms with Gasteiger partial charge in [-0.1, -0.05) is 41.7 Å². The number of nitrogens with zero attached hydrogens (tertiary/aromatic N) is 2. The molecule has 0 radical (unpaired) electrons. The summed E-state index contributed by atoms with van der Waals surface area (Å²) in [7, 11) is 1.89. The lowest BCUT2D eigenvalue weighted by Crippen LogP contribution is -2.02. The van der Waals surface area contributed by atoms with Crippen molar-refractivity contribution in [2.75, 3.05) is 5.32 Å². The average molecular weight is 319 g/mol. The van der Waals surface area contributed by atoms with E-state index in [-0.39, 0.29) is 0 Å². The smallest absolute Gasteiger partial charge is 0.0853 e. The third kappa shape index (κ3) is 3.16. The molecule has 0 aliphatic carbocycles. The van der Waals surface area contributed by atoms with Gasteiger partial charge in [-0.3, -0.25) is 4.68 Å². The molecule has 2 rings (SSSR count). The van der Waals surface area contributed by atoms with Crippen molar-refractivity contribution in [3.63, 3.8) is 0 Å². The van der Waals surface area contributed by atoms with Gasteiger partial charge in [0, 0.05) is 30.4 Å². The molecule has 6 heteroatoms. The molecule has 102 valence electrons. The van der Waals surface area contributed by atoms with Crippen LogP contribution >= 0.6 is 34.8 Å². The van der Waals surface area contributed by atoms with E-state index in [1.165, 1.54) is 0 Å². The Morgan fingerprint density at radius 2 is 1.89 bits per heavy atom. The predicted octanol–water partition coefficient (Wildman–Crippen LogP) is 4.55. The molecule has 1 heterocycles. The lowest BCUT2D eigenvalue weighted by atomic mass is 10.2. The fraction of sp³-hybridized carbons (Fsp3) is 0.308. The van der Waals surface area contributed by atoms with Crippen molar-refractivity contribution >= 4 is 40.5 Å². The summed E-state index contributed by atoms with van der Waals surface area (Å²) >= 11 is 18.3. The average Bonchev–Trinajstić information content (AvgIpc) is 2.74. The molecule has 19 heavy (non-hydrogen) atoms. The van der Waals surface area contributed by atoms with Crippen molar-refractivity contribution in [2.24, 2.45) is 7.05 Å². The van der Waals surface area contributed by atoms with E-state index < -0.39 is 0 Å². The number of aryl methyl sites for hydroxylation is 2. The summed E-state index contributed by atoms with van der Waals surface area (Å²) in [5, 5.41) is 9.26. The molecule has 0 atom stereocenters. The van der Waals surface area contributed by atoms with Crippen LogP contribution in [-0.2, 0) is 20.0 Å². The highest BCUT2D eigenvalue weighted by molar-refractivity contribution is 6.44. The molecule has 0 spiro atoms. The van der Waals surface area contributed by atoms with Gasteiger partial charge in [0.25, 0.3) is 0 Å². The fourth-order valence-electron chi connectivity index (χ4n) is 1.86. The fourth-order valence-corrected chi connectivity index (χ4v) is 2.54. The highest BCUT2D eigenvalue weighted by atomic mass is 35.5. The number of halogens is 3. The normalized spacial score (nSPS) is 10.8. The number of anilines is 1. The zero-order chi connectivity index (χ0) is 14.0. The molecule has 2 aromatic rings.